The monoisotopic (exact) mass is 215 g/mol. The van der Waals surface area contributed by atoms with Gasteiger partial charge in [0.2, 0.25) is 0 Å². The number of rotatable bonds is 5. The van der Waals surface area contributed by atoms with Crippen molar-refractivity contribution in [2.45, 2.75) is 33.0 Å². The SMILES string of the molecule is CCN1CCOC(C(=O)COC(C)C)C1. The lowest BCUT2D eigenvalue weighted by molar-refractivity contribution is -0.142. The quantitative estimate of drug-likeness (QED) is 0.677. The van der Waals surface area contributed by atoms with Gasteiger partial charge in [-0.3, -0.25) is 9.69 Å². The topological polar surface area (TPSA) is 38.8 Å². The number of Topliss-reactive ketones (excluding diaryl/α,β-unsaturated/α-hetero) is 1. The van der Waals surface area contributed by atoms with Gasteiger partial charge in [0.1, 0.15) is 12.7 Å². The van der Waals surface area contributed by atoms with Crippen LogP contribution in [0.4, 0.5) is 0 Å². The van der Waals surface area contributed by atoms with Crippen LogP contribution in [0.15, 0.2) is 0 Å². The Kier molecular flexibility index (Phi) is 5.22. The minimum absolute atomic E-state index is 0.0573. The number of nitrogens with zero attached hydrogens (tertiary/aromatic N) is 1. The van der Waals surface area contributed by atoms with Crippen LogP contribution < -0.4 is 0 Å². The summed E-state index contributed by atoms with van der Waals surface area (Å²) in [5, 5.41) is 0. The molecule has 0 spiro atoms. The van der Waals surface area contributed by atoms with Crippen molar-refractivity contribution in [1.82, 2.24) is 4.90 Å². The van der Waals surface area contributed by atoms with E-state index >= 15 is 0 Å². The first-order chi connectivity index (χ1) is 7.13. The zero-order valence-corrected chi connectivity index (χ0v) is 9.86. The number of likely N-dealkylation sites (N-methyl/N-ethyl adjacent to an activating group) is 1. The van der Waals surface area contributed by atoms with E-state index in [9.17, 15) is 4.79 Å². The summed E-state index contributed by atoms with van der Waals surface area (Å²) in [7, 11) is 0. The molecule has 1 fully saturated rings. The van der Waals surface area contributed by atoms with Crippen LogP contribution in [0, 0.1) is 0 Å². The Morgan fingerprint density at radius 1 is 1.60 bits per heavy atom. The van der Waals surface area contributed by atoms with Crippen molar-refractivity contribution in [3.8, 4) is 0 Å². The summed E-state index contributed by atoms with van der Waals surface area (Å²) >= 11 is 0. The summed E-state index contributed by atoms with van der Waals surface area (Å²) in [6.07, 6.45) is -0.197. The van der Waals surface area contributed by atoms with E-state index in [4.69, 9.17) is 9.47 Å². The van der Waals surface area contributed by atoms with Crippen LogP contribution in [0.1, 0.15) is 20.8 Å². The summed E-state index contributed by atoms with van der Waals surface area (Å²) < 4.78 is 10.7. The molecular formula is C11H21NO3. The van der Waals surface area contributed by atoms with Gasteiger partial charge in [-0.2, -0.15) is 0 Å². The molecule has 0 saturated carbocycles. The average molecular weight is 215 g/mol. The van der Waals surface area contributed by atoms with Crippen LogP contribution in [-0.4, -0.2) is 55.7 Å². The minimum atomic E-state index is -0.294. The van der Waals surface area contributed by atoms with E-state index in [1.165, 1.54) is 0 Å². The second-order valence-corrected chi connectivity index (χ2v) is 4.08. The van der Waals surface area contributed by atoms with E-state index in [1.54, 1.807) is 0 Å². The molecule has 4 nitrogen and oxygen atoms in total. The van der Waals surface area contributed by atoms with Crippen molar-refractivity contribution in [1.29, 1.82) is 0 Å². The molecule has 0 bridgehead atoms. The molecular weight excluding hydrogens is 194 g/mol. The third-order valence-electron chi connectivity index (χ3n) is 2.52. The van der Waals surface area contributed by atoms with Crippen LogP contribution >= 0.6 is 0 Å². The van der Waals surface area contributed by atoms with E-state index < -0.39 is 0 Å². The molecule has 0 radical (unpaired) electrons. The maximum atomic E-state index is 11.7. The third kappa shape index (κ3) is 4.28. The number of hydrogen-bond donors (Lipinski definition) is 0. The Labute approximate surface area is 91.5 Å². The number of ketones is 1. The first-order valence-corrected chi connectivity index (χ1v) is 5.61. The van der Waals surface area contributed by atoms with Gasteiger partial charge in [0, 0.05) is 13.1 Å². The lowest BCUT2D eigenvalue weighted by Crippen LogP contribution is -2.47. The second-order valence-electron chi connectivity index (χ2n) is 4.08. The number of carbonyl (C=O) groups excluding carboxylic acids is 1. The highest BCUT2D eigenvalue weighted by molar-refractivity contribution is 5.84. The number of hydrogen-bond acceptors (Lipinski definition) is 4. The van der Waals surface area contributed by atoms with Gasteiger partial charge in [-0.05, 0) is 20.4 Å². The van der Waals surface area contributed by atoms with E-state index in [0.29, 0.717) is 13.2 Å². The molecule has 0 N–H and O–H groups in total. The fraction of sp³-hybridized carbons (Fsp3) is 0.909. The summed E-state index contributed by atoms with van der Waals surface area (Å²) in [6, 6.07) is 0. The molecule has 15 heavy (non-hydrogen) atoms. The first-order valence-electron chi connectivity index (χ1n) is 5.61. The molecule has 1 heterocycles. The molecule has 1 saturated heterocycles. The van der Waals surface area contributed by atoms with Gasteiger partial charge in [-0.1, -0.05) is 6.92 Å². The van der Waals surface area contributed by atoms with Crippen LogP contribution in [-0.2, 0) is 14.3 Å². The number of morpholine rings is 1. The number of carbonyl (C=O) groups is 1. The molecule has 1 unspecified atom stereocenters. The van der Waals surface area contributed by atoms with Crippen LogP contribution in [0.5, 0.6) is 0 Å². The highest BCUT2D eigenvalue weighted by Gasteiger charge is 2.25. The van der Waals surface area contributed by atoms with E-state index in [-0.39, 0.29) is 24.6 Å². The summed E-state index contributed by atoms with van der Waals surface area (Å²) in [5.41, 5.74) is 0. The zero-order valence-electron chi connectivity index (χ0n) is 9.86. The molecule has 1 aliphatic rings. The lowest BCUT2D eigenvalue weighted by Gasteiger charge is -2.31. The number of ether oxygens (including phenoxy) is 2. The zero-order chi connectivity index (χ0) is 11.3. The molecule has 1 atom stereocenters. The molecule has 4 heteroatoms. The Morgan fingerprint density at radius 2 is 2.33 bits per heavy atom. The Morgan fingerprint density at radius 3 is 2.93 bits per heavy atom. The van der Waals surface area contributed by atoms with Gasteiger partial charge in [-0.15, -0.1) is 0 Å². The highest BCUT2D eigenvalue weighted by Crippen LogP contribution is 2.06. The van der Waals surface area contributed by atoms with Crippen molar-refractivity contribution in [2.75, 3.05) is 32.8 Å². The van der Waals surface area contributed by atoms with E-state index in [0.717, 1.165) is 13.1 Å². The smallest absolute Gasteiger partial charge is 0.188 e. The van der Waals surface area contributed by atoms with Gasteiger partial charge in [0.25, 0.3) is 0 Å². The second kappa shape index (κ2) is 6.20. The maximum absolute atomic E-state index is 11.7. The van der Waals surface area contributed by atoms with Crippen LogP contribution in [0.3, 0.4) is 0 Å². The summed E-state index contributed by atoms with van der Waals surface area (Å²) in [5.74, 6) is 0.0573. The normalized spacial score (nSPS) is 23.3. The van der Waals surface area contributed by atoms with Crippen molar-refractivity contribution in [3.05, 3.63) is 0 Å². The molecule has 0 amide bonds. The first kappa shape index (κ1) is 12.6. The predicted molar refractivity (Wildman–Crippen MR) is 57.9 cm³/mol. The standard InChI is InChI=1S/C11H21NO3/c1-4-12-5-6-14-11(7-12)10(13)8-15-9(2)3/h9,11H,4-8H2,1-3H3. The lowest BCUT2D eigenvalue weighted by atomic mass is 10.2. The Bertz CT molecular complexity index is 206. The van der Waals surface area contributed by atoms with Crippen molar-refractivity contribution in [3.63, 3.8) is 0 Å². The van der Waals surface area contributed by atoms with Crippen molar-refractivity contribution in [2.24, 2.45) is 0 Å². The van der Waals surface area contributed by atoms with Crippen molar-refractivity contribution >= 4 is 5.78 Å². The van der Waals surface area contributed by atoms with Crippen LogP contribution in [0.2, 0.25) is 0 Å². The molecule has 88 valence electrons. The van der Waals surface area contributed by atoms with Gasteiger partial charge in [0.15, 0.2) is 5.78 Å². The third-order valence-corrected chi connectivity index (χ3v) is 2.52. The van der Waals surface area contributed by atoms with Gasteiger partial charge in [0.05, 0.1) is 12.7 Å². The molecule has 0 aliphatic carbocycles. The summed E-state index contributed by atoms with van der Waals surface area (Å²) in [4.78, 5) is 13.9. The Balaban J connectivity index is 2.32. The van der Waals surface area contributed by atoms with Crippen molar-refractivity contribution < 1.29 is 14.3 Å². The Hall–Kier alpha value is -0.450. The fourth-order valence-corrected chi connectivity index (χ4v) is 1.53. The van der Waals surface area contributed by atoms with Gasteiger partial charge >= 0.3 is 0 Å². The molecule has 0 aromatic rings. The van der Waals surface area contributed by atoms with Gasteiger partial charge in [-0.25, -0.2) is 0 Å². The molecule has 0 aromatic heterocycles. The minimum Gasteiger partial charge on any atom is -0.371 e. The molecule has 1 aliphatic heterocycles. The van der Waals surface area contributed by atoms with E-state index in [1.807, 2.05) is 13.8 Å². The van der Waals surface area contributed by atoms with E-state index in [2.05, 4.69) is 11.8 Å². The predicted octanol–water partition coefficient (Wildman–Crippen LogP) is 0.701. The molecule has 1 rings (SSSR count). The van der Waals surface area contributed by atoms with Gasteiger partial charge < -0.3 is 9.47 Å². The average Bonchev–Trinajstić information content (AvgIpc) is 2.26. The van der Waals surface area contributed by atoms with Crippen LogP contribution in [0.25, 0.3) is 0 Å². The highest BCUT2D eigenvalue weighted by atomic mass is 16.5. The molecule has 0 aromatic carbocycles. The fourth-order valence-electron chi connectivity index (χ4n) is 1.53. The largest absolute Gasteiger partial charge is 0.371 e. The maximum Gasteiger partial charge on any atom is 0.188 e. The summed E-state index contributed by atoms with van der Waals surface area (Å²) in [6.45, 7) is 9.35.